The van der Waals surface area contributed by atoms with Crippen LogP contribution in [-0.2, 0) is 0 Å². The first-order valence-electron chi connectivity index (χ1n) is 18.3. The molecule has 0 amide bonds. The lowest BCUT2D eigenvalue weighted by Gasteiger charge is -2.33. The lowest BCUT2D eigenvalue weighted by Crippen LogP contribution is -2.57. The summed E-state index contributed by atoms with van der Waals surface area (Å²) in [5, 5.41) is 4.55. The number of hydrogen-bond acceptors (Lipinski definition) is 1. The van der Waals surface area contributed by atoms with Crippen LogP contribution >= 0.6 is 0 Å². The maximum Gasteiger partial charge on any atom is 0.143 e. The smallest absolute Gasteiger partial charge is 0.143 e. The monoisotopic (exact) mass is 716 g/mol. The topological polar surface area (TPSA) is 13.1 Å². The molecule has 1 aromatic heterocycles. The van der Waals surface area contributed by atoms with Gasteiger partial charge < -0.3 is 4.42 Å². The van der Waals surface area contributed by atoms with Crippen molar-refractivity contribution < 1.29 is 4.42 Å². The van der Waals surface area contributed by atoms with Crippen molar-refractivity contribution in [1.82, 2.24) is 0 Å². The Hall–Kier alpha value is -4.56. The molecule has 1 nitrogen and oxygen atoms in total. The molecule has 8 aromatic carbocycles. The normalized spacial score (nSPS) is 11.8. The summed E-state index contributed by atoms with van der Waals surface area (Å²) in [5.41, 5.74) is 1.63. The van der Waals surface area contributed by atoms with Gasteiger partial charge in [0.05, 0.1) is 0 Å². The molecule has 0 spiro atoms. The molecule has 34 radical (unpaired) electrons. The summed E-state index contributed by atoms with van der Waals surface area (Å²) < 4.78 is 6.45. The third-order valence-corrected chi connectivity index (χ3v) is 11.8. The maximum atomic E-state index is 7.06. The SMILES string of the molecule is [B]c1c([B])c([B])c(-c2c([B])c([B])c([B])c([B])c2-c2c3c([B])c([B])c([B])c([B])c3c(-c3ccc4oc5c6ccccc6ccc5c4c3)c3c([B])c([B])c([B])c([B])c23)c([B])c1[B]. The molecule has 0 aliphatic heterocycles. The van der Waals surface area contributed by atoms with Crippen molar-refractivity contribution in [1.29, 1.82) is 0 Å². The Bertz CT molecular complexity index is 3350. The van der Waals surface area contributed by atoms with Gasteiger partial charge in [-0.1, -0.05) is 80.1 Å². The van der Waals surface area contributed by atoms with Crippen molar-refractivity contribution in [2.75, 3.05) is 0 Å². The van der Waals surface area contributed by atoms with Gasteiger partial charge >= 0.3 is 0 Å². The highest BCUT2D eigenvalue weighted by Crippen LogP contribution is 2.44. The number of hydrogen-bond donors (Lipinski definition) is 0. The molecule has 0 unspecified atom stereocenters. The van der Waals surface area contributed by atoms with E-state index in [-0.39, 0.29) is 137 Å². The molecule has 0 N–H and O–H groups in total. The predicted octanol–water partition coefficient (Wildman–Crippen LogP) is -8.46. The summed E-state index contributed by atoms with van der Waals surface area (Å²) in [6.07, 6.45) is 0. The molecular formula is C42H9B17O. The van der Waals surface area contributed by atoms with Crippen molar-refractivity contribution in [3.8, 4) is 33.4 Å². The van der Waals surface area contributed by atoms with Crippen LogP contribution in [0.1, 0.15) is 0 Å². The number of fused-ring (bicyclic) bond motifs is 7. The molecule has 0 saturated heterocycles. The average Bonchev–Trinajstić information content (AvgIpc) is 3.63. The number of benzene rings is 8. The fourth-order valence-corrected chi connectivity index (χ4v) is 8.61. The lowest BCUT2D eigenvalue weighted by atomic mass is 9.55. The summed E-state index contributed by atoms with van der Waals surface area (Å²) in [5.74, 6) is 0. The highest BCUT2D eigenvalue weighted by atomic mass is 16.3. The third-order valence-electron chi connectivity index (χ3n) is 11.8. The molecule has 234 valence electrons. The molecular weight excluding hydrogens is 704 g/mol. The third kappa shape index (κ3) is 5.44. The highest BCUT2D eigenvalue weighted by molar-refractivity contribution is 6.74. The van der Waals surface area contributed by atoms with Crippen molar-refractivity contribution >= 4 is 281 Å². The van der Waals surface area contributed by atoms with Crippen LogP contribution in [0.4, 0.5) is 0 Å². The largest absolute Gasteiger partial charge is 0.455 e. The van der Waals surface area contributed by atoms with E-state index in [1.807, 2.05) is 54.6 Å². The molecule has 0 aliphatic carbocycles. The minimum atomic E-state index is -0.112. The van der Waals surface area contributed by atoms with Crippen molar-refractivity contribution in [2.24, 2.45) is 0 Å². The summed E-state index contributed by atoms with van der Waals surface area (Å²) in [4.78, 5) is 0. The second kappa shape index (κ2) is 14.3. The van der Waals surface area contributed by atoms with Gasteiger partial charge in [0.15, 0.2) is 0 Å². The van der Waals surface area contributed by atoms with E-state index < -0.39 is 0 Å². The molecule has 0 aliphatic rings. The Morgan fingerprint density at radius 3 is 1.18 bits per heavy atom. The second-order valence-electron chi connectivity index (χ2n) is 14.9. The zero-order chi connectivity index (χ0) is 43.1. The quantitative estimate of drug-likeness (QED) is 0.131. The molecule has 18 heteroatoms. The first-order valence-corrected chi connectivity index (χ1v) is 18.3. The van der Waals surface area contributed by atoms with Crippen molar-refractivity contribution in [2.45, 2.75) is 0 Å². The van der Waals surface area contributed by atoms with E-state index in [2.05, 4.69) is 0 Å². The first-order chi connectivity index (χ1) is 28.4. The van der Waals surface area contributed by atoms with Crippen LogP contribution in [0, 0.1) is 0 Å². The molecule has 0 saturated carbocycles. The van der Waals surface area contributed by atoms with Crippen molar-refractivity contribution in [3.05, 3.63) is 54.6 Å². The average molecular weight is 713 g/mol. The fraction of sp³-hybridized carbons (Fsp3) is 0. The van der Waals surface area contributed by atoms with E-state index in [9.17, 15) is 0 Å². The zero-order valence-electron chi connectivity index (χ0n) is 31.9. The standard InChI is InChI=1S/C42H9B17O/c43-25-18-16(11-6-8-15-14(9-11)13-7-5-10-3-1-2-4-12(10)42(13)60-15)19-21(28(46)36(54)34(52)26(19)44)17(20(18)27(45)35(53)33(25)51)22-23(30(48)38(56)37(55)29(22)47)24-31(49)39(57)41(59)40(58)32(24)50/h1-9H. The van der Waals surface area contributed by atoms with Crippen LogP contribution in [0.2, 0.25) is 0 Å². The van der Waals surface area contributed by atoms with Gasteiger partial charge in [0.1, 0.15) is 145 Å². The maximum absolute atomic E-state index is 7.06. The van der Waals surface area contributed by atoms with Crippen molar-refractivity contribution in [3.63, 3.8) is 0 Å². The van der Waals surface area contributed by atoms with Gasteiger partial charge in [0.2, 0.25) is 0 Å². The zero-order valence-corrected chi connectivity index (χ0v) is 31.9. The van der Waals surface area contributed by atoms with E-state index >= 15 is 0 Å². The fourth-order valence-electron chi connectivity index (χ4n) is 8.61. The number of furan rings is 1. The van der Waals surface area contributed by atoms with E-state index in [4.69, 9.17) is 138 Å². The Balaban J connectivity index is 1.57. The van der Waals surface area contributed by atoms with Crippen LogP contribution in [-0.4, -0.2) is 133 Å². The molecule has 0 atom stereocenters. The van der Waals surface area contributed by atoms with Gasteiger partial charge in [-0.3, -0.25) is 0 Å². The van der Waals surface area contributed by atoms with E-state index in [0.29, 0.717) is 22.3 Å². The minimum Gasteiger partial charge on any atom is -0.455 e. The Labute approximate surface area is 370 Å². The summed E-state index contributed by atoms with van der Waals surface area (Å²) >= 11 is 0. The Morgan fingerprint density at radius 1 is 0.283 bits per heavy atom. The molecule has 1 heterocycles. The molecule has 0 bridgehead atoms. The van der Waals surface area contributed by atoms with Gasteiger partial charge in [0.25, 0.3) is 0 Å². The van der Waals surface area contributed by atoms with E-state index in [0.717, 1.165) is 21.5 Å². The highest BCUT2D eigenvalue weighted by Gasteiger charge is 2.29. The van der Waals surface area contributed by atoms with Crippen LogP contribution < -0.4 is 92.9 Å². The van der Waals surface area contributed by atoms with Gasteiger partial charge in [-0.25, -0.2) is 0 Å². The predicted molar refractivity (Wildman–Crippen MR) is 274 cm³/mol. The summed E-state index contributed by atoms with van der Waals surface area (Å²) in [6.45, 7) is 0. The van der Waals surface area contributed by atoms with Gasteiger partial charge in [-0.05, 0) is 78.5 Å². The Kier molecular flexibility index (Phi) is 9.70. The van der Waals surface area contributed by atoms with Gasteiger partial charge in [-0.2, -0.15) is 0 Å². The molecule has 60 heavy (non-hydrogen) atoms. The van der Waals surface area contributed by atoms with E-state index in [1.165, 1.54) is 0 Å². The molecule has 9 aromatic rings. The van der Waals surface area contributed by atoms with Gasteiger partial charge in [-0.15, -0.1) is 49.2 Å². The second-order valence-corrected chi connectivity index (χ2v) is 14.9. The van der Waals surface area contributed by atoms with E-state index in [1.54, 1.807) is 0 Å². The van der Waals surface area contributed by atoms with Crippen LogP contribution in [0.25, 0.3) is 87.6 Å². The Morgan fingerprint density at radius 2 is 0.683 bits per heavy atom. The minimum absolute atomic E-state index is 0.0140. The molecule has 0 fully saturated rings. The van der Waals surface area contributed by atoms with Crippen LogP contribution in [0.15, 0.2) is 59.0 Å². The summed E-state index contributed by atoms with van der Waals surface area (Å²) in [7, 11) is 114. The van der Waals surface area contributed by atoms with Crippen LogP contribution in [0.3, 0.4) is 0 Å². The molecule has 9 rings (SSSR count). The first kappa shape index (κ1) is 40.8. The number of rotatable bonds is 3. The lowest BCUT2D eigenvalue weighted by molar-refractivity contribution is 0.672. The van der Waals surface area contributed by atoms with Crippen LogP contribution in [0.5, 0.6) is 0 Å². The van der Waals surface area contributed by atoms with Gasteiger partial charge in [0, 0.05) is 16.2 Å². The summed E-state index contributed by atoms with van der Waals surface area (Å²) in [6, 6.07) is 17.6.